The van der Waals surface area contributed by atoms with Gasteiger partial charge in [-0.05, 0) is 115 Å². The van der Waals surface area contributed by atoms with Gasteiger partial charge in [-0.3, -0.25) is 34.2 Å². The Balaban J connectivity index is 1.11. The van der Waals surface area contributed by atoms with E-state index >= 15 is 4.79 Å². The summed E-state index contributed by atoms with van der Waals surface area (Å²) < 4.78 is 27.3. The summed E-state index contributed by atoms with van der Waals surface area (Å²) in [5.41, 5.74) is 9.33. The Morgan fingerprint density at radius 2 is 1.87 bits per heavy atom. The van der Waals surface area contributed by atoms with Gasteiger partial charge in [-0.15, -0.1) is 11.3 Å². The number of aromatic nitrogens is 3. The first-order valence-corrected chi connectivity index (χ1v) is 26.7. The quantitative estimate of drug-likeness (QED) is 0.153. The normalized spacial score (nSPS) is 29.4. The van der Waals surface area contributed by atoms with Gasteiger partial charge in [-0.25, -0.2) is 10.4 Å². The topological polar surface area (TPSA) is 153 Å². The van der Waals surface area contributed by atoms with Crippen LogP contribution in [0.3, 0.4) is 0 Å². The molecule has 2 N–H and O–H groups in total. The Morgan fingerprint density at radius 1 is 1.07 bits per heavy atom. The highest BCUT2D eigenvalue weighted by molar-refractivity contribution is 7.10. The van der Waals surface area contributed by atoms with Crippen LogP contribution in [0.2, 0.25) is 0 Å². The first-order chi connectivity index (χ1) is 33.5. The van der Waals surface area contributed by atoms with Crippen LogP contribution in [0.1, 0.15) is 115 Å². The molecule has 2 amide bonds. The molecule has 10 rings (SSSR count). The van der Waals surface area contributed by atoms with Gasteiger partial charge in [-0.2, -0.15) is 0 Å². The molecule has 3 aromatic heterocycles. The molecule has 1 spiro atoms. The summed E-state index contributed by atoms with van der Waals surface area (Å²) in [5, 5.41) is 8.84. The predicted molar refractivity (Wildman–Crippen MR) is 270 cm³/mol. The number of benzene rings is 1. The Kier molecular flexibility index (Phi) is 13.6. The van der Waals surface area contributed by atoms with E-state index in [1.807, 2.05) is 19.2 Å². The second-order valence-corrected chi connectivity index (χ2v) is 23.7. The van der Waals surface area contributed by atoms with Gasteiger partial charge in [0.25, 0.3) is 5.91 Å². The van der Waals surface area contributed by atoms with Gasteiger partial charge in [0.15, 0.2) is 0 Å². The molecule has 1 unspecified atom stereocenters. The van der Waals surface area contributed by atoms with Gasteiger partial charge < -0.3 is 28.8 Å². The fraction of sp³-hybridized carbons (Fsp3) is 0.648. The summed E-state index contributed by atoms with van der Waals surface area (Å²) in [7, 11) is 3.91. The van der Waals surface area contributed by atoms with Gasteiger partial charge in [0.1, 0.15) is 17.1 Å². The molecule has 8 heterocycles. The Morgan fingerprint density at radius 3 is 2.60 bits per heavy atom. The van der Waals surface area contributed by atoms with Gasteiger partial charge >= 0.3 is 5.97 Å². The predicted octanol–water partition coefficient (Wildman–Crippen LogP) is 7.34. The number of likely N-dealkylation sites (tertiary alicyclic amines) is 2. The van der Waals surface area contributed by atoms with Crippen molar-refractivity contribution in [1.29, 1.82) is 0 Å². The van der Waals surface area contributed by atoms with Gasteiger partial charge in [0, 0.05) is 96.8 Å². The summed E-state index contributed by atoms with van der Waals surface area (Å²) in [6.45, 7) is 19.6. The second kappa shape index (κ2) is 19.3. The van der Waals surface area contributed by atoms with Crippen LogP contribution >= 0.6 is 11.3 Å². The largest absolute Gasteiger partial charge is 0.464 e. The molecule has 1 saturated carbocycles. The van der Waals surface area contributed by atoms with Crippen LogP contribution in [0.4, 0.5) is 0 Å². The van der Waals surface area contributed by atoms with Crippen molar-refractivity contribution in [1.82, 2.24) is 40.1 Å². The third kappa shape index (κ3) is 9.46. The smallest absolute Gasteiger partial charge is 0.324 e. The molecule has 5 aliphatic heterocycles. The third-order valence-electron chi connectivity index (χ3n) is 16.7. The van der Waals surface area contributed by atoms with Crippen molar-refractivity contribution in [2.45, 2.75) is 141 Å². The maximum atomic E-state index is 15.2. The number of rotatable bonds is 10. The van der Waals surface area contributed by atoms with Crippen LogP contribution in [0.15, 0.2) is 41.9 Å². The summed E-state index contributed by atoms with van der Waals surface area (Å²) in [4.78, 5) is 58.9. The van der Waals surface area contributed by atoms with E-state index in [4.69, 9.17) is 28.9 Å². The van der Waals surface area contributed by atoms with Crippen molar-refractivity contribution >= 4 is 40.0 Å². The van der Waals surface area contributed by atoms with E-state index < -0.39 is 29.5 Å². The fourth-order valence-electron chi connectivity index (χ4n) is 12.3. The monoisotopic (exact) mass is 979 g/mol. The molecule has 8 atom stereocenters. The SMILES string of the molecule is CO[C@@H](C)c1ncccc1-c1c2c3cc(ccc3n1CCO[C@H]1CCOC(C)(C)C1)-c1csc(n1)[C@@H](N1CC3(CCCN3C)C1)[C@H](NC(=O)C1[C@@H](C)[C@H]1C)C(=O)N1CCC[C@H](N1)C(=O)OCC(C)(C)C2. The lowest BCUT2D eigenvalue weighted by Gasteiger charge is -2.55. The number of methoxy groups -OCH3 is 1. The zero-order chi connectivity index (χ0) is 49.3. The number of hydrogen-bond acceptors (Lipinski definition) is 13. The number of nitrogens with zero attached hydrogens (tertiary/aromatic N) is 6. The zero-order valence-electron chi connectivity index (χ0n) is 42.7. The average molecular weight is 979 g/mol. The number of nitrogens with one attached hydrogen (secondary N) is 2. The number of esters is 1. The minimum absolute atomic E-state index is 0.0170. The number of cyclic esters (lactones) is 1. The average Bonchev–Trinajstić information content (AvgIpc) is 3.71. The second-order valence-electron chi connectivity index (χ2n) is 22.8. The third-order valence-corrected chi connectivity index (χ3v) is 17.6. The van der Waals surface area contributed by atoms with Crippen LogP contribution in [0.5, 0.6) is 0 Å². The van der Waals surface area contributed by atoms with Crippen LogP contribution in [0, 0.1) is 23.2 Å². The standard InChI is InChI=1S/C54H74N8O7S/c1-32-33(2)43(32)48(63)57-45-47(60-29-54(30-60)18-12-20-59(54)8)49-56-41(28-70-49)35-15-16-42-38(25-35)39(27-52(4,5)31-68-51(65)40-14-11-21-62(58-40)50(45)64)46(37-13-10-19-55-44(37)34(3)66-9)61(42)22-24-67-36-17-23-69-53(6,7)26-36/h10,13,15-16,19,25,28,32-34,36,40,43,45,47,58H,11-12,14,17-18,20-24,26-27,29-31H2,1-9H3,(H,57,63)/t32-,33+,34-,36-,40-,43?,45-,47-/m0/s1. The number of likely N-dealkylation sites (N-methyl/N-ethyl adjacent to an activating group) is 1. The van der Waals surface area contributed by atoms with E-state index in [0.717, 1.165) is 95.0 Å². The van der Waals surface area contributed by atoms with Crippen molar-refractivity contribution in [3.8, 4) is 22.5 Å². The summed E-state index contributed by atoms with van der Waals surface area (Å²) in [6.07, 6.45) is 7.22. The molecule has 4 saturated heterocycles. The van der Waals surface area contributed by atoms with Gasteiger partial charge in [-0.1, -0.05) is 33.8 Å². The van der Waals surface area contributed by atoms with Crippen molar-refractivity contribution in [2.24, 2.45) is 23.2 Å². The molecule has 378 valence electrons. The van der Waals surface area contributed by atoms with E-state index in [9.17, 15) is 9.59 Å². The minimum atomic E-state index is -0.945. The van der Waals surface area contributed by atoms with E-state index in [2.05, 4.69) is 103 Å². The molecular formula is C54H74N8O7S. The van der Waals surface area contributed by atoms with E-state index in [-0.39, 0.29) is 59.5 Å². The molecule has 1 aromatic carbocycles. The Bertz CT molecular complexity index is 2600. The maximum absolute atomic E-state index is 15.2. The minimum Gasteiger partial charge on any atom is -0.464 e. The molecule has 5 fully saturated rings. The number of carbonyl (C=O) groups excluding carboxylic acids is 3. The maximum Gasteiger partial charge on any atom is 0.324 e. The summed E-state index contributed by atoms with van der Waals surface area (Å²) in [6, 6.07) is 8.52. The summed E-state index contributed by atoms with van der Waals surface area (Å²) in [5.74, 6) is -0.488. The number of fused-ring (bicyclic) bond motifs is 6. The van der Waals surface area contributed by atoms with Crippen molar-refractivity contribution < 1.29 is 33.3 Å². The highest BCUT2D eigenvalue weighted by Crippen LogP contribution is 2.48. The number of thiazole rings is 1. The Labute approximate surface area is 417 Å². The highest BCUT2D eigenvalue weighted by Gasteiger charge is 2.55. The molecule has 16 heteroatoms. The fourth-order valence-corrected chi connectivity index (χ4v) is 13.3. The van der Waals surface area contributed by atoms with Crippen molar-refractivity contribution in [3.05, 3.63) is 58.2 Å². The lowest BCUT2D eigenvalue weighted by Crippen LogP contribution is -2.70. The van der Waals surface area contributed by atoms with Crippen molar-refractivity contribution in [3.63, 3.8) is 0 Å². The molecule has 4 aromatic rings. The van der Waals surface area contributed by atoms with Crippen LogP contribution in [0.25, 0.3) is 33.4 Å². The molecule has 6 aliphatic rings. The molecular weight excluding hydrogens is 905 g/mol. The first-order valence-electron chi connectivity index (χ1n) is 25.8. The van der Waals surface area contributed by atoms with Crippen LogP contribution < -0.4 is 10.7 Å². The highest BCUT2D eigenvalue weighted by atomic mass is 32.1. The number of hydrogen-bond donors (Lipinski definition) is 2. The van der Waals surface area contributed by atoms with Crippen LogP contribution in [-0.2, 0) is 46.3 Å². The van der Waals surface area contributed by atoms with Gasteiger partial charge in [0.2, 0.25) is 5.91 Å². The Hall–Kier alpha value is -4.29. The number of hydrazine groups is 1. The zero-order valence-corrected chi connectivity index (χ0v) is 43.5. The number of carbonyl (C=O) groups is 3. The van der Waals surface area contributed by atoms with E-state index in [1.165, 1.54) is 0 Å². The molecule has 70 heavy (non-hydrogen) atoms. The van der Waals surface area contributed by atoms with Crippen molar-refractivity contribution in [2.75, 3.05) is 60.2 Å². The molecule has 6 bridgehead atoms. The van der Waals surface area contributed by atoms with E-state index in [0.29, 0.717) is 45.6 Å². The lowest BCUT2D eigenvalue weighted by atomic mass is 9.84. The van der Waals surface area contributed by atoms with Gasteiger partial charge in [0.05, 0.1) is 54.1 Å². The molecule has 0 radical (unpaired) electrons. The number of amides is 2. The number of ether oxygens (including phenoxy) is 4. The number of pyridine rings is 1. The lowest BCUT2D eigenvalue weighted by molar-refractivity contribution is -0.156. The summed E-state index contributed by atoms with van der Waals surface area (Å²) >= 11 is 1.54. The van der Waals surface area contributed by atoms with E-state index in [1.54, 1.807) is 23.5 Å². The first kappa shape index (κ1) is 49.3. The molecule has 1 aliphatic carbocycles. The van der Waals surface area contributed by atoms with Crippen LogP contribution in [-0.4, -0.2) is 137 Å². The molecule has 15 nitrogen and oxygen atoms in total.